The van der Waals surface area contributed by atoms with Gasteiger partial charge >= 0.3 is 5.97 Å². The van der Waals surface area contributed by atoms with Crippen molar-refractivity contribution in [2.75, 3.05) is 11.9 Å². The van der Waals surface area contributed by atoms with Crippen molar-refractivity contribution in [3.8, 4) is 0 Å². The fourth-order valence-electron chi connectivity index (χ4n) is 1.03. The SMILES string of the molecule is Cn1ncc(C(=O)O)c1NC(=O)C(N)CO. The molecule has 88 valence electrons. The lowest BCUT2D eigenvalue weighted by Crippen LogP contribution is -2.39. The lowest BCUT2D eigenvalue weighted by Gasteiger charge is -2.10. The van der Waals surface area contributed by atoms with Crippen molar-refractivity contribution in [3.05, 3.63) is 11.8 Å². The van der Waals surface area contributed by atoms with Crippen molar-refractivity contribution in [1.82, 2.24) is 9.78 Å². The molecule has 1 unspecified atom stereocenters. The van der Waals surface area contributed by atoms with Crippen molar-refractivity contribution in [3.63, 3.8) is 0 Å². The smallest absolute Gasteiger partial charge is 0.341 e. The molecule has 8 heteroatoms. The Bertz CT molecular complexity index is 414. The quantitative estimate of drug-likeness (QED) is 0.489. The highest BCUT2D eigenvalue weighted by molar-refractivity contribution is 6.00. The number of anilines is 1. The highest BCUT2D eigenvalue weighted by atomic mass is 16.4. The zero-order chi connectivity index (χ0) is 12.3. The molecule has 0 fully saturated rings. The van der Waals surface area contributed by atoms with E-state index in [1.54, 1.807) is 0 Å². The van der Waals surface area contributed by atoms with E-state index in [0.29, 0.717) is 0 Å². The highest BCUT2D eigenvalue weighted by Crippen LogP contribution is 2.13. The fraction of sp³-hybridized carbons (Fsp3) is 0.375. The topological polar surface area (TPSA) is 130 Å². The molecular formula is C8H12N4O4. The first-order valence-electron chi connectivity index (χ1n) is 4.40. The number of aryl methyl sites for hydroxylation is 1. The molecule has 0 aliphatic carbocycles. The number of amides is 1. The van der Waals surface area contributed by atoms with Crippen LogP contribution in [0.15, 0.2) is 6.20 Å². The molecule has 0 radical (unpaired) electrons. The van der Waals surface area contributed by atoms with Crippen LogP contribution in [0.1, 0.15) is 10.4 Å². The molecule has 1 atom stereocenters. The lowest BCUT2D eigenvalue weighted by molar-refractivity contribution is -0.118. The zero-order valence-corrected chi connectivity index (χ0v) is 8.54. The number of rotatable bonds is 4. The number of aliphatic hydroxyl groups excluding tert-OH is 1. The van der Waals surface area contributed by atoms with Crippen LogP contribution < -0.4 is 11.1 Å². The molecule has 0 bridgehead atoms. The third-order valence-corrected chi connectivity index (χ3v) is 1.94. The van der Waals surface area contributed by atoms with Crippen molar-refractivity contribution in [2.45, 2.75) is 6.04 Å². The van der Waals surface area contributed by atoms with Crippen LogP contribution in [-0.2, 0) is 11.8 Å². The predicted octanol–water partition coefficient (Wildman–Crippen LogP) is -1.62. The number of carbonyl (C=O) groups excluding carboxylic acids is 1. The summed E-state index contributed by atoms with van der Waals surface area (Å²) < 4.78 is 1.20. The maximum Gasteiger partial charge on any atom is 0.341 e. The minimum atomic E-state index is -1.21. The molecule has 0 aliphatic heterocycles. The number of hydrogen-bond acceptors (Lipinski definition) is 5. The Morgan fingerprint density at radius 3 is 2.81 bits per heavy atom. The number of nitrogens with two attached hydrogens (primary N) is 1. The predicted molar refractivity (Wildman–Crippen MR) is 53.9 cm³/mol. The van der Waals surface area contributed by atoms with E-state index in [2.05, 4.69) is 10.4 Å². The normalized spacial score (nSPS) is 12.2. The summed E-state index contributed by atoms with van der Waals surface area (Å²) in [7, 11) is 1.48. The third kappa shape index (κ3) is 2.35. The molecule has 1 heterocycles. The van der Waals surface area contributed by atoms with E-state index in [1.165, 1.54) is 11.7 Å². The van der Waals surface area contributed by atoms with Crippen LogP contribution in [0.3, 0.4) is 0 Å². The minimum Gasteiger partial charge on any atom is -0.477 e. The highest BCUT2D eigenvalue weighted by Gasteiger charge is 2.19. The van der Waals surface area contributed by atoms with Gasteiger partial charge in [0.2, 0.25) is 5.91 Å². The van der Waals surface area contributed by atoms with Gasteiger partial charge in [0.25, 0.3) is 0 Å². The standard InChI is InChI=1S/C8H12N4O4/c1-12-6(4(2-10-12)8(15)16)11-7(14)5(9)3-13/h2,5,13H,3,9H2,1H3,(H,11,14)(H,15,16). The van der Waals surface area contributed by atoms with Crippen LogP contribution in [0.25, 0.3) is 0 Å². The number of carbonyl (C=O) groups is 2. The summed E-state index contributed by atoms with van der Waals surface area (Å²) in [5.41, 5.74) is 5.13. The van der Waals surface area contributed by atoms with Gasteiger partial charge in [-0.3, -0.25) is 9.48 Å². The van der Waals surface area contributed by atoms with Crippen LogP contribution in [0, 0.1) is 0 Å². The molecule has 0 spiro atoms. The first kappa shape index (κ1) is 12.1. The van der Waals surface area contributed by atoms with Gasteiger partial charge < -0.3 is 21.3 Å². The second-order valence-electron chi connectivity index (χ2n) is 3.11. The van der Waals surface area contributed by atoms with Gasteiger partial charge in [0.05, 0.1) is 12.8 Å². The molecule has 1 aromatic rings. The number of aromatic nitrogens is 2. The second-order valence-corrected chi connectivity index (χ2v) is 3.11. The van der Waals surface area contributed by atoms with Gasteiger partial charge in [-0.2, -0.15) is 5.10 Å². The number of hydrogen-bond donors (Lipinski definition) is 4. The number of carboxylic acid groups (broad SMARTS) is 1. The third-order valence-electron chi connectivity index (χ3n) is 1.94. The Hall–Kier alpha value is -1.93. The summed E-state index contributed by atoms with van der Waals surface area (Å²) in [5.74, 6) is -1.85. The van der Waals surface area contributed by atoms with Gasteiger partial charge in [-0.05, 0) is 0 Å². The fourth-order valence-corrected chi connectivity index (χ4v) is 1.03. The molecule has 0 saturated heterocycles. The molecular weight excluding hydrogens is 216 g/mol. The first-order chi connectivity index (χ1) is 7.47. The van der Waals surface area contributed by atoms with E-state index in [0.717, 1.165) is 6.20 Å². The van der Waals surface area contributed by atoms with Gasteiger partial charge in [-0.25, -0.2) is 4.79 Å². The molecule has 0 aromatic carbocycles. The Kier molecular flexibility index (Phi) is 3.59. The monoisotopic (exact) mass is 228 g/mol. The van der Waals surface area contributed by atoms with E-state index in [1.807, 2.05) is 0 Å². The van der Waals surface area contributed by atoms with Gasteiger partial charge in [0.15, 0.2) is 0 Å². The molecule has 1 rings (SSSR count). The summed E-state index contributed by atoms with van der Waals surface area (Å²) in [6, 6.07) is -1.10. The summed E-state index contributed by atoms with van der Waals surface area (Å²) >= 11 is 0. The molecule has 0 aliphatic rings. The zero-order valence-electron chi connectivity index (χ0n) is 8.54. The van der Waals surface area contributed by atoms with Crippen molar-refractivity contribution < 1.29 is 19.8 Å². The van der Waals surface area contributed by atoms with Gasteiger partial charge in [0.1, 0.15) is 17.4 Å². The van der Waals surface area contributed by atoms with Crippen LogP contribution in [0.5, 0.6) is 0 Å². The van der Waals surface area contributed by atoms with E-state index in [-0.39, 0.29) is 11.4 Å². The summed E-state index contributed by atoms with van der Waals surface area (Å²) in [5, 5.41) is 23.4. The second kappa shape index (κ2) is 4.73. The number of aromatic carboxylic acids is 1. The molecule has 1 aromatic heterocycles. The summed E-state index contributed by atoms with van der Waals surface area (Å²) in [6.45, 7) is -0.522. The largest absolute Gasteiger partial charge is 0.477 e. The number of aliphatic hydroxyl groups is 1. The molecule has 5 N–H and O–H groups in total. The maximum atomic E-state index is 11.3. The van der Waals surface area contributed by atoms with Gasteiger partial charge in [-0.1, -0.05) is 0 Å². The van der Waals surface area contributed by atoms with Crippen molar-refractivity contribution in [2.24, 2.45) is 12.8 Å². The van der Waals surface area contributed by atoms with Gasteiger partial charge in [-0.15, -0.1) is 0 Å². The van der Waals surface area contributed by atoms with Gasteiger partial charge in [0, 0.05) is 7.05 Å². The number of nitrogens with zero attached hydrogens (tertiary/aromatic N) is 2. The summed E-state index contributed by atoms with van der Waals surface area (Å²) in [6.07, 6.45) is 1.11. The van der Waals surface area contributed by atoms with Crippen molar-refractivity contribution >= 4 is 17.7 Å². The average Bonchev–Trinajstić information content (AvgIpc) is 2.59. The number of nitrogens with one attached hydrogen (secondary N) is 1. The Labute approximate surface area is 90.7 Å². The Morgan fingerprint density at radius 2 is 2.31 bits per heavy atom. The Balaban J connectivity index is 2.92. The average molecular weight is 228 g/mol. The minimum absolute atomic E-state index is 0.0291. The van der Waals surface area contributed by atoms with Crippen molar-refractivity contribution in [1.29, 1.82) is 0 Å². The molecule has 16 heavy (non-hydrogen) atoms. The number of carboxylic acids is 1. The maximum absolute atomic E-state index is 11.3. The van der Waals surface area contributed by atoms with Crippen LogP contribution in [-0.4, -0.2) is 44.5 Å². The lowest BCUT2D eigenvalue weighted by atomic mass is 10.3. The van der Waals surface area contributed by atoms with Crippen LogP contribution >= 0.6 is 0 Å². The molecule has 0 saturated carbocycles. The Morgan fingerprint density at radius 1 is 1.69 bits per heavy atom. The van der Waals surface area contributed by atoms with E-state index in [4.69, 9.17) is 15.9 Å². The van der Waals surface area contributed by atoms with E-state index >= 15 is 0 Å². The first-order valence-corrected chi connectivity index (χ1v) is 4.40. The van der Waals surface area contributed by atoms with Crippen LogP contribution in [0.4, 0.5) is 5.82 Å². The molecule has 8 nitrogen and oxygen atoms in total. The van der Waals surface area contributed by atoms with E-state index in [9.17, 15) is 9.59 Å². The van der Waals surface area contributed by atoms with E-state index < -0.39 is 24.5 Å². The molecule has 1 amide bonds. The van der Waals surface area contributed by atoms with Crippen LogP contribution in [0.2, 0.25) is 0 Å². The summed E-state index contributed by atoms with van der Waals surface area (Å²) in [4.78, 5) is 22.1.